The average Bonchev–Trinajstić information content (AvgIpc) is 2.60. The second kappa shape index (κ2) is 8.93. The number of aromatic nitrogens is 2. The van der Waals surface area contributed by atoms with E-state index < -0.39 is 29.3 Å². The van der Waals surface area contributed by atoms with Crippen LogP contribution >= 0.6 is 0 Å². The summed E-state index contributed by atoms with van der Waals surface area (Å²) in [7, 11) is 1.31. The molecule has 0 saturated heterocycles. The molecule has 0 aliphatic rings. The number of halogens is 4. The van der Waals surface area contributed by atoms with Crippen molar-refractivity contribution in [1.82, 2.24) is 15.3 Å². The zero-order chi connectivity index (χ0) is 21.8. The van der Waals surface area contributed by atoms with E-state index >= 15 is 0 Å². The van der Waals surface area contributed by atoms with Crippen LogP contribution in [-0.4, -0.2) is 35.6 Å². The summed E-state index contributed by atoms with van der Waals surface area (Å²) in [6, 6.07) is 1.97. The lowest BCUT2D eigenvalue weighted by molar-refractivity contribution is -0.137. The number of benzene rings is 1. The number of nitrogens with one attached hydrogen (secondary N) is 3. The zero-order valence-electron chi connectivity index (χ0n) is 16.2. The van der Waals surface area contributed by atoms with Crippen molar-refractivity contribution in [3.05, 3.63) is 35.3 Å². The Morgan fingerprint density at radius 1 is 1.28 bits per heavy atom. The van der Waals surface area contributed by atoms with Gasteiger partial charge in [0, 0.05) is 24.8 Å². The van der Waals surface area contributed by atoms with Crippen molar-refractivity contribution in [2.45, 2.75) is 33.0 Å². The third kappa shape index (κ3) is 5.46. The van der Waals surface area contributed by atoms with Gasteiger partial charge in [-0.15, -0.1) is 0 Å². The number of alkyl halides is 3. The summed E-state index contributed by atoms with van der Waals surface area (Å²) in [6.45, 7) is 5.28. The number of ether oxygens (including phenoxy) is 1. The monoisotopic (exact) mass is 415 g/mol. The Morgan fingerprint density at radius 3 is 2.52 bits per heavy atom. The van der Waals surface area contributed by atoms with Gasteiger partial charge in [-0.3, -0.25) is 4.79 Å². The maximum absolute atomic E-state index is 14.4. The Morgan fingerprint density at radius 2 is 1.97 bits per heavy atom. The van der Waals surface area contributed by atoms with Crippen LogP contribution in [0.1, 0.15) is 36.7 Å². The molecule has 0 aliphatic heterocycles. The molecule has 7 nitrogen and oxygen atoms in total. The fourth-order valence-electron chi connectivity index (χ4n) is 2.41. The maximum Gasteiger partial charge on any atom is 0.421 e. The fourth-order valence-corrected chi connectivity index (χ4v) is 2.41. The number of nitrogens with zero attached hydrogens (tertiary/aromatic N) is 2. The first-order valence-corrected chi connectivity index (χ1v) is 8.70. The van der Waals surface area contributed by atoms with Gasteiger partial charge in [0.15, 0.2) is 0 Å². The van der Waals surface area contributed by atoms with Gasteiger partial charge in [-0.2, -0.15) is 18.2 Å². The van der Waals surface area contributed by atoms with Gasteiger partial charge in [0.05, 0.1) is 18.4 Å². The Kier molecular flexibility index (Phi) is 6.83. The van der Waals surface area contributed by atoms with Crippen LogP contribution in [0.15, 0.2) is 18.3 Å². The van der Waals surface area contributed by atoms with Crippen molar-refractivity contribution in [1.29, 1.82) is 0 Å². The SMILES string of the molecule is CCNc1nc(Nc2cc(F)c(C(=O)NC(C)C)cc2OC)ncc1C(F)(F)F. The van der Waals surface area contributed by atoms with E-state index in [-0.39, 0.29) is 35.5 Å². The Balaban J connectivity index is 2.40. The maximum atomic E-state index is 14.4. The molecule has 0 spiro atoms. The predicted octanol–water partition coefficient (Wildman–Crippen LogP) is 3.96. The molecule has 1 aromatic heterocycles. The largest absolute Gasteiger partial charge is 0.495 e. The van der Waals surface area contributed by atoms with Gasteiger partial charge in [0.25, 0.3) is 5.91 Å². The molecule has 11 heteroatoms. The minimum absolute atomic E-state index is 0.0494. The summed E-state index contributed by atoms with van der Waals surface area (Å²) in [6.07, 6.45) is -4.01. The molecule has 0 radical (unpaired) electrons. The standard InChI is InChI=1S/C18H21F4N5O2/c1-5-23-15-11(18(20,21)22)8-24-17(27-15)26-13-7-12(19)10(6-14(13)29-4)16(28)25-9(2)3/h6-9H,5H2,1-4H3,(H,25,28)(H2,23,24,26,27). The summed E-state index contributed by atoms with van der Waals surface area (Å²) in [5.74, 6) is -1.99. The third-order valence-electron chi connectivity index (χ3n) is 3.64. The molecule has 29 heavy (non-hydrogen) atoms. The molecular formula is C18H21F4N5O2. The molecule has 1 amide bonds. The summed E-state index contributed by atoms with van der Waals surface area (Å²) in [5, 5.41) is 7.71. The van der Waals surface area contributed by atoms with Crippen LogP contribution in [0.5, 0.6) is 5.75 Å². The van der Waals surface area contributed by atoms with Crippen LogP contribution < -0.4 is 20.7 Å². The predicted molar refractivity (Wildman–Crippen MR) is 100 cm³/mol. The van der Waals surface area contributed by atoms with E-state index in [0.29, 0.717) is 6.20 Å². The van der Waals surface area contributed by atoms with Gasteiger partial charge < -0.3 is 20.7 Å². The summed E-state index contributed by atoms with van der Waals surface area (Å²) >= 11 is 0. The molecule has 0 aliphatic carbocycles. The third-order valence-corrected chi connectivity index (χ3v) is 3.64. The van der Waals surface area contributed by atoms with Crippen LogP contribution in [0.2, 0.25) is 0 Å². The first-order valence-electron chi connectivity index (χ1n) is 8.70. The Labute approximate surface area is 164 Å². The lowest BCUT2D eigenvalue weighted by atomic mass is 10.1. The topological polar surface area (TPSA) is 88.2 Å². The van der Waals surface area contributed by atoms with Crippen molar-refractivity contribution in [2.75, 3.05) is 24.3 Å². The number of amides is 1. The molecule has 0 unspecified atom stereocenters. The van der Waals surface area contributed by atoms with Crippen LogP contribution in [-0.2, 0) is 6.18 Å². The number of rotatable bonds is 7. The van der Waals surface area contributed by atoms with E-state index in [4.69, 9.17) is 4.74 Å². The summed E-state index contributed by atoms with van der Waals surface area (Å²) in [5.41, 5.74) is -1.21. The highest BCUT2D eigenvalue weighted by molar-refractivity contribution is 5.96. The molecule has 158 valence electrons. The normalized spacial score (nSPS) is 11.3. The number of methoxy groups -OCH3 is 1. The van der Waals surface area contributed by atoms with Crippen LogP contribution in [0.25, 0.3) is 0 Å². The van der Waals surface area contributed by atoms with Gasteiger partial charge in [-0.25, -0.2) is 9.37 Å². The van der Waals surface area contributed by atoms with Gasteiger partial charge in [0.2, 0.25) is 5.95 Å². The van der Waals surface area contributed by atoms with Gasteiger partial charge in [-0.1, -0.05) is 0 Å². The highest BCUT2D eigenvalue weighted by atomic mass is 19.4. The Hall–Kier alpha value is -3.11. The Bertz CT molecular complexity index is 887. The molecule has 0 bridgehead atoms. The number of anilines is 3. The quantitative estimate of drug-likeness (QED) is 0.594. The first-order chi connectivity index (χ1) is 13.6. The second-order valence-corrected chi connectivity index (χ2v) is 6.27. The number of hydrogen-bond donors (Lipinski definition) is 3. The minimum atomic E-state index is -4.63. The fraction of sp³-hybridized carbons (Fsp3) is 0.389. The smallest absolute Gasteiger partial charge is 0.421 e. The highest BCUT2D eigenvalue weighted by Gasteiger charge is 2.35. The first kappa shape index (κ1) is 22.2. The van der Waals surface area contributed by atoms with Crippen LogP contribution in [0, 0.1) is 5.82 Å². The average molecular weight is 415 g/mol. The van der Waals surface area contributed by atoms with E-state index in [1.54, 1.807) is 20.8 Å². The number of hydrogen-bond acceptors (Lipinski definition) is 6. The van der Waals surface area contributed by atoms with E-state index in [1.165, 1.54) is 13.2 Å². The van der Waals surface area contributed by atoms with Gasteiger partial charge >= 0.3 is 6.18 Å². The van der Waals surface area contributed by atoms with Crippen molar-refractivity contribution >= 4 is 23.4 Å². The number of carbonyl (C=O) groups excluding carboxylic acids is 1. The molecule has 1 aromatic carbocycles. The van der Waals surface area contributed by atoms with Crippen molar-refractivity contribution in [2.24, 2.45) is 0 Å². The molecule has 0 atom stereocenters. The lowest BCUT2D eigenvalue weighted by Gasteiger charge is -2.16. The highest BCUT2D eigenvalue weighted by Crippen LogP contribution is 2.35. The summed E-state index contributed by atoms with van der Waals surface area (Å²) < 4.78 is 58.8. The van der Waals surface area contributed by atoms with Crippen molar-refractivity contribution in [3.63, 3.8) is 0 Å². The van der Waals surface area contributed by atoms with E-state index in [0.717, 1.165) is 6.07 Å². The molecule has 1 heterocycles. The summed E-state index contributed by atoms with van der Waals surface area (Å²) in [4.78, 5) is 19.6. The zero-order valence-corrected chi connectivity index (χ0v) is 16.2. The van der Waals surface area contributed by atoms with Gasteiger partial charge in [0.1, 0.15) is 22.9 Å². The van der Waals surface area contributed by atoms with E-state index in [9.17, 15) is 22.4 Å². The van der Waals surface area contributed by atoms with Crippen LogP contribution in [0.3, 0.4) is 0 Å². The molecular weight excluding hydrogens is 394 g/mol. The molecule has 3 N–H and O–H groups in total. The van der Waals surface area contributed by atoms with Crippen molar-refractivity contribution < 1.29 is 27.1 Å². The molecule has 2 rings (SSSR count). The molecule has 0 saturated carbocycles. The second-order valence-electron chi connectivity index (χ2n) is 6.27. The molecule has 2 aromatic rings. The minimum Gasteiger partial charge on any atom is -0.495 e. The van der Waals surface area contributed by atoms with Crippen LogP contribution in [0.4, 0.5) is 35.0 Å². The molecule has 0 fully saturated rings. The van der Waals surface area contributed by atoms with E-state index in [1.807, 2.05) is 0 Å². The lowest BCUT2D eigenvalue weighted by Crippen LogP contribution is -2.30. The number of carbonyl (C=O) groups is 1. The van der Waals surface area contributed by atoms with E-state index in [2.05, 4.69) is 25.9 Å². The van der Waals surface area contributed by atoms with Crippen molar-refractivity contribution in [3.8, 4) is 5.75 Å². The van der Waals surface area contributed by atoms with Gasteiger partial charge in [-0.05, 0) is 26.8 Å².